The van der Waals surface area contributed by atoms with E-state index in [1.165, 1.54) is 22.3 Å². The zero-order chi connectivity index (χ0) is 8.84. The van der Waals surface area contributed by atoms with Gasteiger partial charge in [0.05, 0.1) is 12.5 Å². The van der Waals surface area contributed by atoms with Gasteiger partial charge in [-0.1, -0.05) is 31.2 Å². The standard InChI is InChI=1S/C12H10O/c1-8-9-4-2-3-5-10(9)12-7-13-6-11(8)12/h2-8H,1H3. The smallest absolute Gasteiger partial charge is 0.0984 e. The molecule has 1 aliphatic rings. The van der Waals surface area contributed by atoms with Gasteiger partial charge in [0.1, 0.15) is 0 Å². The molecule has 0 N–H and O–H groups in total. The molecule has 1 aromatic carbocycles. The van der Waals surface area contributed by atoms with Crippen LogP contribution in [-0.4, -0.2) is 0 Å². The Morgan fingerprint density at radius 1 is 1.00 bits per heavy atom. The van der Waals surface area contributed by atoms with Crippen molar-refractivity contribution in [3.05, 3.63) is 47.9 Å². The molecular weight excluding hydrogens is 160 g/mol. The lowest BCUT2D eigenvalue weighted by Crippen LogP contribution is -1.87. The average molecular weight is 170 g/mol. The lowest BCUT2D eigenvalue weighted by Gasteiger charge is -2.03. The van der Waals surface area contributed by atoms with Crippen molar-refractivity contribution >= 4 is 0 Å². The maximum atomic E-state index is 5.21. The molecule has 64 valence electrons. The summed E-state index contributed by atoms with van der Waals surface area (Å²) in [6, 6.07) is 8.53. The number of furan rings is 1. The van der Waals surface area contributed by atoms with Crippen LogP contribution < -0.4 is 0 Å². The van der Waals surface area contributed by atoms with Crippen molar-refractivity contribution in [1.82, 2.24) is 0 Å². The summed E-state index contributed by atoms with van der Waals surface area (Å²) in [7, 11) is 0. The van der Waals surface area contributed by atoms with Gasteiger partial charge >= 0.3 is 0 Å². The van der Waals surface area contributed by atoms with Crippen LogP contribution in [0.3, 0.4) is 0 Å². The molecule has 13 heavy (non-hydrogen) atoms. The molecule has 1 atom stereocenters. The molecule has 3 rings (SSSR count). The Balaban J connectivity index is 2.37. The van der Waals surface area contributed by atoms with E-state index in [9.17, 15) is 0 Å². The highest BCUT2D eigenvalue weighted by atomic mass is 16.3. The van der Waals surface area contributed by atoms with Crippen LogP contribution in [-0.2, 0) is 0 Å². The van der Waals surface area contributed by atoms with Crippen molar-refractivity contribution in [1.29, 1.82) is 0 Å². The molecule has 1 unspecified atom stereocenters. The second-order valence-electron chi connectivity index (χ2n) is 3.55. The molecule has 1 heteroatoms. The van der Waals surface area contributed by atoms with E-state index in [1.807, 2.05) is 12.5 Å². The summed E-state index contributed by atoms with van der Waals surface area (Å²) in [5, 5.41) is 0. The highest BCUT2D eigenvalue weighted by Crippen LogP contribution is 2.44. The molecule has 0 saturated heterocycles. The van der Waals surface area contributed by atoms with Gasteiger partial charge in [-0.15, -0.1) is 0 Å². The van der Waals surface area contributed by atoms with Gasteiger partial charge in [0.2, 0.25) is 0 Å². The first-order valence-electron chi connectivity index (χ1n) is 4.53. The highest BCUT2D eigenvalue weighted by molar-refractivity contribution is 5.77. The van der Waals surface area contributed by atoms with E-state index in [0.29, 0.717) is 5.92 Å². The second-order valence-corrected chi connectivity index (χ2v) is 3.55. The number of fused-ring (bicyclic) bond motifs is 3. The molecule has 0 bridgehead atoms. The van der Waals surface area contributed by atoms with Crippen LogP contribution in [0, 0.1) is 0 Å². The molecule has 1 heterocycles. The van der Waals surface area contributed by atoms with Gasteiger partial charge in [0.15, 0.2) is 0 Å². The van der Waals surface area contributed by atoms with E-state index in [4.69, 9.17) is 4.42 Å². The SMILES string of the molecule is CC1c2ccccc2-c2cocc21. The lowest BCUT2D eigenvalue weighted by molar-refractivity contribution is 0.562. The third-order valence-corrected chi connectivity index (χ3v) is 2.88. The normalized spacial score (nSPS) is 18.4. The van der Waals surface area contributed by atoms with Crippen molar-refractivity contribution in [3.8, 4) is 11.1 Å². The van der Waals surface area contributed by atoms with Crippen LogP contribution in [0.25, 0.3) is 11.1 Å². The summed E-state index contributed by atoms with van der Waals surface area (Å²) in [6.45, 7) is 2.22. The van der Waals surface area contributed by atoms with Gasteiger partial charge in [0, 0.05) is 17.0 Å². The fourth-order valence-corrected chi connectivity index (χ4v) is 2.15. The second kappa shape index (κ2) is 2.25. The fourth-order valence-electron chi connectivity index (χ4n) is 2.15. The van der Waals surface area contributed by atoms with Crippen LogP contribution in [0.15, 0.2) is 41.2 Å². The number of hydrogen-bond acceptors (Lipinski definition) is 1. The third kappa shape index (κ3) is 0.765. The van der Waals surface area contributed by atoms with Gasteiger partial charge in [-0.25, -0.2) is 0 Å². The Morgan fingerprint density at radius 2 is 1.85 bits per heavy atom. The van der Waals surface area contributed by atoms with Crippen molar-refractivity contribution in [2.75, 3.05) is 0 Å². The van der Waals surface area contributed by atoms with Gasteiger partial charge in [0.25, 0.3) is 0 Å². The minimum atomic E-state index is 0.491. The Bertz CT molecular complexity index is 454. The molecule has 0 saturated carbocycles. The van der Waals surface area contributed by atoms with E-state index in [0.717, 1.165) is 0 Å². The zero-order valence-electron chi connectivity index (χ0n) is 7.45. The van der Waals surface area contributed by atoms with Crippen LogP contribution in [0.2, 0.25) is 0 Å². The van der Waals surface area contributed by atoms with Gasteiger partial charge in [-0.3, -0.25) is 0 Å². The minimum absolute atomic E-state index is 0.491. The summed E-state index contributed by atoms with van der Waals surface area (Å²) >= 11 is 0. The summed E-state index contributed by atoms with van der Waals surface area (Å²) in [5.74, 6) is 0.491. The van der Waals surface area contributed by atoms with E-state index in [2.05, 4.69) is 31.2 Å². The summed E-state index contributed by atoms with van der Waals surface area (Å²) in [4.78, 5) is 0. The minimum Gasteiger partial charge on any atom is -0.472 e. The Hall–Kier alpha value is -1.50. The fraction of sp³-hybridized carbons (Fsp3) is 0.167. The topological polar surface area (TPSA) is 13.1 Å². The number of hydrogen-bond donors (Lipinski definition) is 0. The number of benzene rings is 1. The van der Waals surface area contributed by atoms with Gasteiger partial charge < -0.3 is 4.42 Å². The monoisotopic (exact) mass is 170 g/mol. The van der Waals surface area contributed by atoms with Gasteiger partial charge in [-0.05, 0) is 11.1 Å². The first kappa shape index (κ1) is 6.96. The molecule has 1 nitrogen and oxygen atoms in total. The summed E-state index contributed by atoms with van der Waals surface area (Å²) in [5.41, 5.74) is 5.34. The quantitative estimate of drug-likeness (QED) is 0.590. The third-order valence-electron chi connectivity index (χ3n) is 2.88. The molecule has 0 radical (unpaired) electrons. The Kier molecular flexibility index (Phi) is 1.21. The molecule has 1 aliphatic carbocycles. The lowest BCUT2D eigenvalue weighted by atomic mass is 10.0. The molecule has 2 aromatic rings. The molecule has 0 amide bonds. The Labute approximate surface area is 77.0 Å². The largest absolute Gasteiger partial charge is 0.472 e. The molecule has 0 fully saturated rings. The first-order valence-corrected chi connectivity index (χ1v) is 4.53. The van der Waals surface area contributed by atoms with Crippen LogP contribution in [0.5, 0.6) is 0 Å². The van der Waals surface area contributed by atoms with E-state index >= 15 is 0 Å². The summed E-state index contributed by atoms with van der Waals surface area (Å²) in [6.07, 6.45) is 3.71. The van der Waals surface area contributed by atoms with Crippen LogP contribution in [0.4, 0.5) is 0 Å². The van der Waals surface area contributed by atoms with Gasteiger partial charge in [-0.2, -0.15) is 0 Å². The maximum Gasteiger partial charge on any atom is 0.0984 e. The molecule has 0 spiro atoms. The molecule has 1 aromatic heterocycles. The van der Waals surface area contributed by atoms with E-state index < -0.39 is 0 Å². The first-order chi connectivity index (χ1) is 6.38. The van der Waals surface area contributed by atoms with Crippen molar-refractivity contribution in [3.63, 3.8) is 0 Å². The van der Waals surface area contributed by atoms with E-state index in [-0.39, 0.29) is 0 Å². The van der Waals surface area contributed by atoms with Crippen LogP contribution >= 0.6 is 0 Å². The zero-order valence-corrected chi connectivity index (χ0v) is 7.45. The number of rotatable bonds is 0. The maximum absolute atomic E-state index is 5.21. The molecule has 0 aliphatic heterocycles. The van der Waals surface area contributed by atoms with E-state index in [1.54, 1.807) is 0 Å². The predicted octanol–water partition coefficient (Wildman–Crippen LogP) is 3.41. The van der Waals surface area contributed by atoms with Crippen molar-refractivity contribution in [2.24, 2.45) is 0 Å². The van der Waals surface area contributed by atoms with Crippen molar-refractivity contribution in [2.45, 2.75) is 12.8 Å². The average Bonchev–Trinajstić information content (AvgIpc) is 2.72. The molecular formula is C12H10O. The predicted molar refractivity (Wildman–Crippen MR) is 51.7 cm³/mol. The van der Waals surface area contributed by atoms with Crippen molar-refractivity contribution < 1.29 is 4.42 Å². The Morgan fingerprint density at radius 3 is 2.77 bits per heavy atom. The summed E-state index contributed by atoms with van der Waals surface area (Å²) < 4.78 is 5.21. The van der Waals surface area contributed by atoms with Crippen LogP contribution in [0.1, 0.15) is 24.0 Å². The highest BCUT2D eigenvalue weighted by Gasteiger charge is 2.26.